The van der Waals surface area contributed by atoms with E-state index in [2.05, 4.69) is 0 Å². The summed E-state index contributed by atoms with van der Waals surface area (Å²) in [5.74, 6) is -2.39. The fraction of sp³-hybridized carbons (Fsp3) is 0.500. The van der Waals surface area contributed by atoms with E-state index in [-0.39, 0.29) is 65.7 Å². The number of β-lactam (4-membered cyclic amide) rings is 1. The largest absolute Gasteiger partial charge is 1.00 e. The molecule has 0 saturated carbocycles. The van der Waals surface area contributed by atoms with Crippen molar-refractivity contribution in [3.63, 3.8) is 0 Å². The van der Waals surface area contributed by atoms with E-state index < -0.39 is 23.4 Å². The zero-order valence-corrected chi connectivity index (χ0v) is 18.8. The van der Waals surface area contributed by atoms with Gasteiger partial charge in [0.1, 0.15) is 18.0 Å². The Hall–Kier alpha value is -1.07. The molecule has 2 saturated heterocycles. The minimum atomic E-state index is -1.45. The van der Waals surface area contributed by atoms with Crippen molar-refractivity contribution in [2.75, 3.05) is 23.8 Å². The summed E-state index contributed by atoms with van der Waals surface area (Å²) in [6.07, 6.45) is 0. The van der Waals surface area contributed by atoms with Gasteiger partial charge in [-0.1, -0.05) is 0 Å². The molecule has 0 bridgehead atoms. The van der Waals surface area contributed by atoms with Crippen LogP contribution in [0, 0.1) is 5.41 Å². The van der Waals surface area contributed by atoms with Gasteiger partial charge in [0, 0.05) is 26.1 Å². The number of thiophene rings is 1. The SMILES string of the molecule is CC(=O)OCC1(C(=O)[O-])CS[C@@H]2C(N(C(C)=O)c3cccs3)C(=O)N2C1.[Na+]. The molecule has 3 atom stereocenters. The molecule has 0 aromatic carbocycles. The molecule has 0 N–H and O–H groups in total. The molecule has 0 aliphatic carbocycles. The minimum Gasteiger partial charge on any atom is -0.549 e. The predicted molar refractivity (Wildman–Crippen MR) is 93.3 cm³/mol. The molecule has 11 heteroatoms. The first kappa shape index (κ1) is 22.2. The molecule has 3 heterocycles. The third kappa shape index (κ3) is 4.04. The molecule has 2 aliphatic heterocycles. The summed E-state index contributed by atoms with van der Waals surface area (Å²) in [4.78, 5) is 50.4. The van der Waals surface area contributed by atoms with Crippen LogP contribution in [0.25, 0.3) is 0 Å². The van der Waals surface area contributed by atoms with Crippen molar-refractivity contribution in [3.05, 3.63) is 17.5 Å². The maximum absolute atomic E-state index is 12.7. The summed E-state index contributed by atoms with van der Waals surface area (Å²) < 4.78 is 4.89. The number of ether oxygens (including phenoxy) is 1. The maximum atomic E-state index is 12.7. The molecule has 2 fully saturated rings. The van der Waals surface area contributed by atoms with E-state index in [1.54, 1.807) is 12.1 Å². The molecule has 8 nitrogen and oxygen atoms in total. The van der Waals surface area contributed by atoms with Gasteiger partial charge in [0.25, 0.3) is 0 Å². The van der Waals surface area contributed by atoms with E-state index in [9.17, 15) is 24.3 Å². The first-order valence-corrected chi connectivity index (χ1v) is 9.80. The van der Waals surface area contributed by atoms with Gasteiger partial charge in [0.15, 0.2) is 0 Å². The van der Waals surface area contributed by atoms with Crippen molar-refractivity contribution >= 4 is 51.9 Å². The van der Waals surface area contributed by atoms with Crippen molar-refractivity contribution < 1.29 is 58.6 Å². The van der Waals surface area contributed by atoms with Crippen LogP contribution in [0.15, 0.2) is 17.5 Å². The Morgan fingerprint density at radius 2 is 2.11 bits per heavy atom. The van der Waals surface area contributed by atoms with E-state index in [1.165, 1.54) is 46.7 Å². The normalized spacial score (nSPS) is 26.3. The molecule has 27 heavy (non-hydrogen) atoms. The van der Waals surface area contributed by atoms with Crippen LogP contribution in [-0.2, 0) is 23.9 Å². The van der Waals surface area contributed by atoms with Gasteiger partial charge in [-0.05, 0) is 17.5 Å². The van der Waals surface area contributed by atoms with Crippen molar-refractivity contribution in [1.29, 1.82) is 0 Å². The number of thioether (sulfide) groups is 1. The summed E-state index contributed by atoms with van der Waals surface area (Å²) in [5.41, 5.74) is -1.45. The monoisotopic (exact) mass is 420 g/mol. The number of aliphatic carboxylic acids is 1. The molecule has 0 radical (unpaired) electrons. The smallest absolute Gasteiger partial charge is 0.549 e. The minimum absolute atomic E-state index is 0. The molecule has 2 unspecified atom stereocenters. The topological polar surface area (TPSA) is 107 Å². The number of carboxylic acids is 1. The number of carbonyl (C=O) groups excluding carboxylic acids is 4. The Morgan fingerprint density at radius 3 is 2.63 bits per heavy atom. The van der Waals surface area contributed by atoms with Gasteiger partial charge in [-0.25, -0.2) is 0 Å². The van der Waals surface area contributed by atoms with Crippen LogP contribution in [0.2, 0.25) is 0 Å². The number of anilines is 1. The third-order valence-electron chi connectivity index (χ3n) is 4.46. The Bertz CT molecular complexity index is 758. The van der Waals surface area contributed by atoms with Crippen LogP contribution in [0.3, 0.4) is 0 Å². The zero-order valence-electron chi connectivity index (χ0n) is 15.2. The summed E-state index contributed by atoms with van der Waals surface area (Å²) >= 11 is 2.62. The molecule has 140 valence electrons. The number of rotatable bonds is 5. The number of esters is 1. The zero-order chi connectivity index (χ0) is 19.1. The quantitative estimate of drug-likeness (QED) is 0.279. The number of carbonyl (C=O) groups is 4. The summed E-state index contributed by atoms with van der Waals surface area (Å²) in [6.45, 7) is 2.14. The van der Waals surface area contributed by atoms with Crippen molar-refractivity contribution in [2.45, 2.75) is 25.3 Å². The van der Waals surface area contributed by atoms with E-state index in [4.69, 9.17) is 4.74 Å². The number of hydrogen-bond acceptors (Lipinski definition) is 8. The van der Waals surface area contributed by atoms with Crippen molar-refractivity contribution in [1.82, 2.24) is 4.90 Å². The number of nitrogens with zero attached hydrogens (tertiary/aromatic N) is 2. The predicted octanol–water partition coefficient (Wildman–Crippen LogP) is -3.31. The Morgan fingerprint density at radius 1 is 1.41 bits per heavy atom. The number of amides is 2. The third-order valence-corrected chi connectivity index (χ3v) is 6.90. The summed E-state index contributed by atoms with van der Waals surface area (Å²) in [6, 6.07) is 2.90. The Balaban J connectivity index is 0.00000261. The molecular weight excluding hydrogens is 403 g/mol. The van der Waals surface area contributed by atoms with Gasteiger partial charge in [0.05, 0.1) is 16.4 Å². The van der Waals surface area contributed by atoms with Gasteiger partial charge in [-0.2, -0.15) is 0 Å². The van der Waals surface area contributed by atoms with Crippen LogP contribution < -0.4 is 39.6 Å². The molecule has 1 aromatic rings. The van der Waals surface area contributed by atoms with Gasteiger partial charge < -0.3 is 19.5 Å². The number of fused-ring (bicyclic) bond motifs is 1. The molecular formula is C16H17N2NaO6S2. The fourth-order valence-electron chi connectivity index (χ4n) is 3.11. The van der Waals surface area contributed by atoms with Crippen LogP contribution >= 0.6 is 23.1 Å². The van der Waals surface area contributed by atoms with Gasteiger partial charge in [-0.3, -0.25) is 19.3 Å². The number of hydrogen-bond donors (Lipinski definition) is 0. The van der Waals surface area contributed by atoms with E-state index >= 15 is 0 Å². The molecule has 2 amide bonds. The maximum Gasteiger partial charge on any atom is 1.00 e. The second-order valence-corrected chi connectivity index (χ2v) is 8.33. The van der Waals surface area contributed by atoms with Crippen LogP contribution in [-0.4, -0.2) is 59.0 Å². The summed E-state index contributed by atoms with van der Waals surface area (Å²) in [5, 5.41) is 13.8. The molecule has 3 rings (SSSR count). The summed E-state index contributed by atoms with van der Waals surface area (Å²) in [7, 11) is 0. The molecule has 1 aromatic heterocycles. The van der Waals surface area contributed by atoms with Gasteiger partial charge in [-0.15, -0.1) is 23.1 Å². The Labute approximate surface area is 186 Å². The number of carboxylic acid groups (broad SMARTS) is 1. The van der Waals surface area contributed by atoms with Crippen LogP contribution in [0.1, 0.15) is 13.8 Å². The van der Waals surface area contributed by atoms with E-state index in [0.717, 1.165) is 0 Å². The second kappa shape index (κ2) is 8.52. The van der Waals surface area contributed by atoms with Crippen molar-refractivity contribution in [2.24, 2.45) is 5.41 Å². The average molecular weight is 420 g/mol. The molecule has 0 spiro atoms. The standard InChI is InChI=1S/C16H18N2O6S2.Na/c1-9(19)18(11-4-3-5-25-11)12-13(21)17-6-16(15(22)23,7-24-10(2)20)8-26-14(12)17;/h3-5,12,14H,6-8H2,1-2H3,(H,22,23);/q;+1/p-1/t12?,14-,16?;/m1./s1. The van der Waals surface area contributed by atoms with E-state index in [1.807, 2.05) is 5.38 Å². The Kier molecular flexibility index (Phi) is 7.01. The van der Waals surface area contributed by atoms with E-state index in [0.29, 0.717) is 5.00 Å². The first-order valence-electron chi connectivity index (χ1n) is 7.87. The average Bonchev–Trinajstić information content (AvgIpc) is 3.10. The molecule has 2 aliphatic rings. The first-order chi connectivity index (χ1) is 12.3. The van der Waals surface area contributed by atoms with Crippen LogP contribution in [0.4, 0.5) is 5.00 Å². The fourth-order valence-corrected chi connectivity index (χ4v) is 5.48. The van der Waals surface area contributed by atoms with Crippen molar-refractivity contribution in [3.8, 4) is 0 Å². The van der Waals surface area contributed by atoms with Gasteiger partial charge in [0.2, 0.25) is 11.8 Å². The van der Waals surface area contributed by atoms with Crippen LogP contribution in [0.5, 0.6) is 0 Å². The van der Waals surface area contributed by atoms with Gasteiger partial charge >= 0.3 is 35.5 Å². The second-order valence-electron chi connectivity index (χ2n) is 6.30.